The standard InChI is InChI=1S/C17H28N4O/c1-13(12-18-2)17(22)20-16-7-5-4-6-15(16)19-14-8-10-21(3)11-9-14/h4-7,13-14,18-19H,8-12H2,1-3H3,(H,20,22). The topological polar surface area (TPSA) is 56.4 Å². The van der Waals surface area contributed by atoms with Crippen LogP contribution in [0.25, 0.3) is 0 Å². The Morgan fingerprint density at radius 3 is 2.55 bits per heavy atom. The van der Waals surface area contributed by atoms with E-state index in [0.717, 1.165) is 37.3 Å². The maximum absolute atomic E-state index is 12.2. The Labute approximate surface area is 133 Å². The van der Waals surface area contributed by atoms with E-state index in [1.54, 1.807) is 0 Å². The minimum atomic E-state index is -0.0543. The molecule has 1 amide bonds. The van der Waals surface area contributed by atoms with Gasteiger partial charge in [0.25, 0.3) is 0 Å². The number of rotatable bonds is 6. The van der Waals surface area contributed by atoms with Gasteiger partial charge in [-0.05, 0) is 52.2 Å². The summed E-state index contributed by atoms with van der Waals surface area (Å²) in [5, 5.41) is 9.67. The van der Waals surface area contributed by atoms with Crippen molar-refractivity contribution in [1.82, 2.24) is 10.2 Å². The SMILES string of the molecule is CNCC(C)C(=O)Nc1ccccc1NC1CCN(C)CC1. The highest BCUT2D eigenvalue weighted by molar-refractivity contribution is 5.95. The van der Waals surface area contributed by atoms with E-state index in [1.807, 2.05) is 38.2 Å². The van der Waals surface area contributed by atoms with Gasteiger partial charge in [-0.15, -0.1) is 0 Å². The van der Waals surface area contributed by atoms with E-state index in [-0.39, 0.29) is 11.8 Å². The molecule has 5 nitrogen and oxygen atoms in total. The smallest absolute Gasteiger partial charge is 0.228 e. The van der Waals surface area contributed by atoms with Gasteiger partial charge in [0.1, 0.15) is 0 Å². The van der Waals surface area contributed by atoms with Gasteiger partial charge in [0, 0.05) is 18.5 Å². The normalized spacial score (nSPS) is 18.0. The Balaban J connectivity index is 1.99. The van der Waals surface area contributed by atoms with Gasteiger partial charge in [0.15, 0.2) is 0 Å². The first-order valence-corrected chi connectivity index (χ1v) is 8.09. The summed E-state index contributed by atoms with van der Waals surface area (Å²) in [7, 11) is 4.02. The molecule has 1 fully saturated rings. The monoisotopic (exact) mass is 304 g/mol. The van der Waals surface area contributed by atoms with Crippen molar-refractivity contribution in [2.45, 2.75) is 25.8 Å². The molecule has 0 radical (unpaired) electrons. The Morgan fingerprint density at radius 1 is 1.27 bits per heavy atom. The molecule has 1 unspecified atom stereocenters. The molecule has 3 N–H and O–H groups in total. The third kappa shape index (κ3) is 4.71. The zero-order chi connectivity index (χ0) is 15.9. The maximum Gasteiger partial charge on any atom is 0.228 e. The van der Waals surface area contributed by atoms with Gasteiger partial charge in [-0.3, -0.25) is 4.79 Å². The van der Waals surface area contributed by atoms with Gasteiger partial charge < -0.3 is 20.9 Å². The number of nitrogens with one attached hydrogen (secondary N) is 3. The Kier molecular flexibility index (Phi) is 6.21. The summed E-state index contributed by atoms with van der Waals surface area (Å²) in [6.07, 6.45) is 2.27. The summed E-state index contributed by atoms with van der Waals surface area (Å²) in [5.74, 6) is -0.00614. The Bertz CT molecular complexity index is 483. The van der Waals surface area contributed by atoms with Crippen LogP contribution in [0.5, 0.6) is 0 Å². The van der Waals surface area contributed by atoms with Crippen molar-refractivity contribution >= 4 is 17.3 Å². The molecule has 0 spiro atoms. The number of nitrogens with zero attached hydrogens (tertiary/aromatic N) is 1. The van der Waals surface area contributed by atoms with E-state index >= 15 is 0 Å². The summed E-state index contributed by atoms with van der Waals surface area (Å²) in [4.78, 5) is 14.6. The number of carbonyl (C=O) groups is 1. The fourth-order valence-electron chi connectivity index (χ4n) is 2.75. The molecule has 22 heavy (non-hydrogen) atoms. The number of piperidine rings is 1. The van der Waals surface area contributed by atoms with Gasteiger partial charge in [-0.2, -0.15) is 0 Å². The predicted molar refractivity (Wildman–Crippen MR) is 92.3 cm³/mol. The number of anilines is 2. The van der Waals surface area contributed by atoms with Gasteiger partial charge >= 0.3 is 0 Å². The van der Waals surface area contributed by atoms with E-state index in [0.29, 0.717) is 12.6 Å². The molecule has 5 heteroatoms. The fraction of sp³-hybridized carbons (Fsp3) is 0.588. The average Bonchev–Trinajstić information content (AvgIpc) is 2.51. The molecule has 0 bridgehead atoms. The lowest BCUT2D eigenvalue weighted by Gasteiger charge is -2.30. The average molecular weight is 304 g/mol. The second-order valence-electron chi connectivity index (χ2n) is 6.22. The van der Waals surface area contributed by atoms with Crippen LogP contribution in [-0.2, 0) is 4.79 Å². The highest BCUT2D eigenvalue weighted by Gasteiger charge is 2.18. The molecule has 1 aromatic carbocycles. The minimum absolute atomic E-state index is 0.0481. The van der Waals surface area contributed by atoms with E-state index in [4.69, 9.17) is 0 Å². The molecular formula is C17H28N4O. The maximum atomic E-state index is 12.2. The van der Waals surface area contributed by atoms with Gasteiger partial charge in [-0.25, -0.2) is 0 Å². The first kappa shape index (κ1) is 16.8. The molecule has 1 saturated heterocycles. The highest BCUT2D eigenvalue weighted by atomic mass is 16.1. The molecular weight excluding hydrogens is 276 g/mol. The van der Waals surface area contributed by atoms with Gasteiger partial charge in [0.05, 0.1) is 11.4 Å². The van der Waals surface area contributed by atoms with Crippen LogP contribution in [0.4, 0.5) is 11.4 Å². The number of para-hydroxylation sites is 2. The van der Waals surface area contributed by atoms with Gasteiger partial charge in [0.2, 0.25) is 5.91 Å². The number of likely N-dealkylation sites (tertiary alicyclic amines) is 1. The third-order valence-corrected chi connectivity index (χ3v) is 4.22. The number of hydrogen-bond acceptors (Lipinski definition) is 4. The van der Waals surface area contributed by atoms with Crippen LogP contribution in [0.2, 0.25) is 0 Å². The van der Waals surface area contributed by atoms with Crippen molar-refractivity contribution in [3.63, 3.8) is 0 Å². The lowest BCUT2D eigenvalue weighted by Crippen LogP contribution is -2.37. The molecule has 2 rings (SSSR count). The first-order chi connectivity index (χ1) is 10.6. The van der Waals surface area contributed by atoms with E-state index in [9.17, 15) is 4.79 Å². The van der Waals surface area contributed by atoms with Crippen LogP contribution < -0.4 is 16.0 Å². The molecule has 122 valence electrons. The number of benzene rings is 1. The lowest BCUT2D eigenvalue weighted by molar-refractivity contribution is -0.119. The van der Waals surface area contributed by atoms with E-state index < -0.39 is 0 Å². The van der Waals surface area contributed by atoms with Crippen molar-refractivity contribution in [2.75, 3.05) is 44.4 Å². The molecule has 0 aromatic heterocycles. The fourth-order valence-corrected chi connectivity index (χ4v) is 2.75. The molecule has 1 aromatic rings. The summed E-state index contributed by atoms with van der Waals surface area (Å²) in [6, 6.07) is 8.43. The summed E-state index contributed by atoms with van der Waals surface area (Å²) < 4.78 is 0. The van der Waals surface area contributed by atoms with E-state index in [2.05, 4.69) is 27.9 Å². The third-order valence-electron chi connectivity index (χ3n) is 4.22. The van der Waals surface area contributed by atoms with Crippen molar-refractivity contribution in [3.8, 4) is 0 Å². The summed E-state index contributed by atoms with van der Waals surface area (Å²) in [6.45, 7) is 4.84. The van der Waals surface area contributed by atoms with Crippen LogP contribution in [-0.4, -0.2) is 50.6 Å². The second kappa shape index (κ2) is 8.15. The summed E-state index contributed by atoms with van der Waals surface area (Å²) >= 11 is 0. The predicted octanol–water partition coefficient (Wildman–Crippen LogP) is 1.99. The van der Waals surface area contributed by atoms with Crippen LogP contribution >= 0.6 is 0 Å². The van der Waals surface area contributed by atoms with Crippen molar-refractivity contribution in [3.05, 3.63) is 24.3 Å². The molecule has 1 aliphatic heterocycles. The largest absolute Gasteiger partial charge is 0.381 e. The number of amides is 1. The second-order valence-corrected chi connectivity index (χ2v) is 6.22. The van der Waals surface area contributed by atoms with Crippen LogP contribution in [0.15, 0.2) is 24.3 Å². The zero-order valence-corrected chi connectivity index (χ0v) is 13.9. The Morgan fingerprint density at radius 2 is 1.91 bits per heavy atom. The first-order valence-electron chi connectivity index (χ1n) is 8.09. The van der Waals surface area contributed by atoms with Crippen LogP contribution in [0.1, 0.15) is 19.8 Å². The minimum Gasteiger partial charge on any atom is -0.381 e. The molecule has 1 heterocycles. The Hall–Kier alpha value is -1.59. The van der Waals surface area contributed by atoms with E-state index in [1.165, 1.54) is 0 Å². The van der Waals surface area contributed by atoms with Crippen molar-refractivity contribution < 1.29 is 4.79 Å². The number of carbonyl (C=O) groups excluding carboxylic acids is 1. The summed E-state index contributed by atoms with van der Waals surface area (Å²) in [5.41, 5.74) is 1.89. The highest BCUT2D eigenvalue weighted by Crippen LogP contribution is 2.24. The number of hydrogen-bond donors (Lipinski definition) is 3. The quantitative estimate of drug-likeness (QED) is 0.752. The van der Waals surface area contributed by atoms with Gasteiger partial charge in [-0.1, -0.05) is 19.1 Å². The zero-order valence-electron chi connectivity index (χ0n) is 13.9. The molecule has 1 aliphatic rings. The van der Waals surface area contributed by atoms with Crippen LogP contribution in [0.3, 0.4) is 0 Å². The molecule has 0 saturated carbocycles. The van der Waals surface area contributed by atoms with Crippen LogP contribution in [0, 0.1) is 5.92 Å². The van der Waals surface area contributed by atoms with Crippen molar-refractivity contribution in [1.29, 1.82) is 0 Å². The molecule has 0 aliphatic carbocycles. The van der Waals surface area contributed by atoms with Crippen molar-refractivity contribution in [2.24, 2.45) is 5.92 Å². The lowest BCUT2D eigenvalue weighted by atomic mass is 10.0. The molecule has 1 atom stereocenters.